The van der Waals surface area contributed by atoms with Crippen molar-refractivity contribution in [2.45, 2.75) is 71.3 Å². The normalized spacial score (nSPS) is 14.2. The fraction of sp³-hybridized carbons (Fsp3) is 0.429. The quantitative estimate of drug-likeness (QED) is 0.292. The second-order valence-corrected chi connectivity index (χ2v) is 9.74. The number of nitrogens with zero attached hydrogens (tertiary/aromatic N) is 6. The summed E-state index contributed by atoms with van der Waals surface area (Å²) in [6.45, 7) is 2.76. The fourth-order valence-electron chi connectivity index (χ4n) is 5.06. The van der Waals surface area contributed by atoms with Crippen LogP contribution in [0.1, 0.15) is 80.3 Å². The van der Waals surface area contributed by atoms with E-state index in [9.17, 15) is 4.79 Å². The summed E-state index contributed by atoms with van der Waals surface area (Å²) in [5.74, 6) is 2.50. The van der Waals surface area contributed by atoms with E-state index in [1.54, 1.807) is 0 Å². The number of rotatable bonds is 10. The van der Waals surface area contributed by atoms with Crippen LogP contribution in [0.4, 0.5) is 0 Å². The Hall–Kier alpha value is -3.68. The van der Waals surface area contributed by atoms with Gasteiger partial charge in [0.2, 0.25) is 11.6 Å². The van der Waals surface area contributed by atoms with Gasteiger partial charge in [-0.1, -0.05) is 94.0 Å². The number of benzene rings is 2. The molecule has 0 atom stereocenters. The third kappa shape index (κ3) is 5.58. The van der Waals surface area contributed by atoms with Gasteiger partial charge >= 0.3 is 0 Å². The third-order valence-corrected chi connectivity index (χ3v) is 7.08. The Bertz CT molecular complexity index is 1270. The molecule has 0 saturated heterocycles. The number of carbonyl (C=O) groups is 1. The molecule has 0 radical (unpaired) electrons. The summed E-state index contributed by atoms with van der Waals surface area (Å²) in [5.41, 5.74) is 4.21. The van der Waals surface area contributed by atoms with Gasteiger partial charge in [0.25, 0.3) is 0 Å². The van der Waals surface area contributed by atoms with Gasteiger partial charge in [-0.2, -0.15) is 0 Å². The summed E-state index contributed by atoms with van der Waals surface area (Å²) in [4.78, 5) is 17.7. The molecule has 1 aliphatic carbocycles. The number of aromatic amines is 1. The van der Waals surface area contributed by atoms with E-state index in [2.05, 4.69) is 63.0 Å². The van der Waals surface area contributed by atoms with Crippen molar-refractivity contribution in [2.24, 2.45) is 5.92 Å². The van der Waals surface area contributed by atoms with Gasteiger partial charge in [0.05, 0.1) is 6.54 Å². The number of hydrogen-bond donors (Lipinski definition) is 1. The Morgan fingerprint density at radius 1 is 1.03 bits per heavy atom. The fourth-order valence-corrected chi connectivity index (χ4v) is 5.06. The zero-order chi connectivity index (χ0) is 24.7. The van der Waals surface area contributed by atoms with Crippen LogP contribution in [0.5, 0.6) is 0 Å². The summed E-state index contributed by atoms with van der Waals surface area (Å²) >= 11 is 0. The summed E-state index contributed by atoms with van der Waals surface area (Å²) in [5, 5.41) is 19.0. The van der Waals surface area contributed by atoms with Crippen molar-refractivity contribution in [3.63, 3.8) is 0 Å². The molecule has 0 amide bonds. The highest BCUT2D eigenvalue weighted by atomic mass is 16.1. The van der Waals surface area contributed by atoms with Crippen LogP contribution in [0.25, 0.3) is 22.5 Å². The molecule has 2 aromatic heterocycles. The monoisotopic (exact) mass is 483 g/mol. The maximum Gasteiger partial charge on any atom is 0.217 e. The average Bonchev–Trinajstić information content (AvgIpc) is 3.59. The highest BCUT2D eigenvalue weighted by molar-refractivity contribution is 5.92. The van der Waals surface area contributed by atoms with Crippen LogP contribution in [0.3, 0.4) is 0 Å². The number of Topliss-reactive ketones (excluding diaryl/α,β-unsaturated/α-hetero) is 1. The van der Waals surface area contributed by atoms with E-state index in [4.69, 9.17) is 4.98 Å². The Kier molecular flexibility index (Phi) is 7.59. The van der Waals surface area contributed by atoms with E-state index < -0.39 is 0 Å². The molecule has 1 fully saturated rings. The van der Waals surface area contributed by atoms with Gasteiger partial charge in [-0.15, -0.1) is 10.2 Å². The first-order valence-corrected chi connectivity index (χ1v) is 13.1. The van der Waals surface area contributed by atoms with E-state index in [1.807, 2.05) is 22.9 Å². The lowest BCUT2D eigenvalue weighted by molar-refractivity contribution is 0.0939. The molecule has 1 N–H and O–H groups in total. The molecule has 1 aliphatic rings. The number of carbonyl (C=O) groups excluding carboxylic acids is 1. The van der Waals surface area contributed by atoms with E-state index in [0.717, 1.165) is 60.2 Å². The van der Waals surface area contributed by atoms with Crippen LogP contribution in [-0.4, -0.2) is 41.2 Å². The SMILES string of the molecule is CCCCc1nc(C(=O)CC2CCCCC2)nn1Cc1ccc(-c2ccccc2-c2nnn[nH]2)cc1. The number of unbranched alkanes of at least 4 members (excludes halogenated alkanes) is 1. The molecule has 0 spiro atoms. The van der Waals surface area contributed by atoms with Crippen molar-refractivity contribution in [3.05, 3.63) is 65.7 Å². The van der Waals surface area contributed by atoms with Crippen molar-refractivity contribution in [3.8, 4) is 22.5 Å². The predicted molar refractivity (Wildman–Crippen MR) is 138 cm³/mol. The molecular formula is C28H33N7O. The average molecular weight is 484 g/mol. The largest absolute Gasteiger partial charge is 0.291 e. The van der Waals surface area contributed by atoms with Crippen LogP contribution in [0.15, 0.2) is 48.5 Å². The van der Waals surface area contributed by atoms with E-state index >= 15 is 0 Å². The lowest BCUT2D eigenvalue weighted by Gasteiger charge is -2.19. The molecule has 8 nitrogen and oxygen atoms in total. The van der Waals surface area contributed by atoms with Gasteiger partial charge in [0, 0.05) is 18.4 Å². The van der Waals surface area contributed by atoms with Crippen molar-refractivity contribution in [1.82, 2.24) is 35.4 Å². The lowest BCUT2D eigenvalue weighted by Crippen LogP contribution is -2.13. The number of ketones is 1. The van der Waals surface area contributed by atoms with Gasteiger partial charge in [-0.25, -0.2) is 14.8 Å². The molecule has 1 saturated carbocycles. The minimum absolute atomic E-state index is 0.0901. The maximum absolute atomic E-state index is 13.0. The first-order valence-electron chi connectivity index (χ1n) is 13.1. The van der Waals surface area contributed by atoms with E-state index in [0.29, 0.717) is 30.5 Å². The lowest BCUT2D eigenvalue weighted by atomic mass is 9.86. The van der Waals surface area contributed by atoms with Gasteiger partial charge < -0.3 is 0 Å². The Labute approximate surface area is 211 Å². The highest BCUT2D eigenvalue weighted by Gasteiger charge is 2.22. The van der Waals surface area contributed by atoms with Crippen molar-refractivity contribution < 1.29 is 4.79 Å². The maximum atomic E-state index is 13.0. The number of H-pyrrole nitrogens is 1. The number of tetrazole rings is 1. The molecule has 5 rings (SSSR count). The minimum Gasteiger partial charge on any atom is -0.291 e. The predicted octanol–water partition coefficient (Wildman–Crippen LogP) is 5.67. The van der Waals surface area contributed by atoms with Gasteiger partial charge in [-0.3, -0.25) is 4.79 Å². The van der Waals surface area contributed by atoms with Crippen molar-refractivity contribution in [1.29, 1.82) is 0 Å². The first kappa shape index (κ1) is 24.0. The van der Waals surface area contributed by atoms with Crippen LogP contribution in [0.2, 0.25) is 0 Å². The Balaban J connectivity index is 1.34. The van der Waals surface area contributed by atoms with Crippen LogP contribution >= 0.6 is 0 Å². The second kappa shape index (κ2) is 11.4. The summed E-state index contributed by atoms with van der Waals surface area (Å²) in [6, 6.07) is 16.5. The highest BCUT2D eigenvalue weighted by Crippen LogP contribution is 2.30. The van der Waals surface area contributed by atoms with Crippen molar-refractivity contribution in [2.75, 3.05) is 0 Å². The third-order valence-electron chi connectivity index (χ3n) is 7.08. The number of nitrogens with one attached hydrogen (secondary N) is 1. The zero-order valence-electron chi connectivity index (χ0n) is 20.9. The molecule has 186 valence electrons. The number of aromatic nitrogens is 7. The smallest absolute Gasteiger partial charge is 0.217 e. The molecule has 0 bridgehead atoms. The molecule has 36 heavy (non-hydrogen) atoms. The standard InChI is InChI=1S/C28H33N7O/c1-2-3-13-26-29-28(25(36)18-20-9-5-4-6-10-20)32-35(26)19-21-14-16-22(17-15-21)23-11-7-8-12-24(23)27-30-33-34-31-27/h7-8,11-12,14-17,20H,2-6,9-10,13,18-19H2,1H3,(H,30,31,33,34). The van der Waals surface area contributed by atoms with Crippen LogP contribution in [0, 0.1) is 5.92 Å². The number of hydrogen-bond acceptors (Lipinski definition) is 6. The second-order valence-electron chi connectivity index (χ2n) is 9.74. The van der Waals surface area contributed by atoms with Gasteiger partial charge in [0.15, 0.2) is 5.82 Å². The summed E-state index contributed by atoms with van der Waals surface area (Å²) in [6.07, 6.45) is 9.57. The van der Waals surface area contributed by atoms with Crippen molar-refractivity contribution >= 4 is 5.78 Å². The van der Waals surface area contributed by atoms with E-state index in [-0.39, 0.29) is 5.78 Å². The summed E-state index contributed by atoms with van der Waals surface area (Å²) in [7, 11) is 0. The summed E-state index contributed by atoms with van der Waals surface area (Å²) < 4.78 is 1.92. The molecule has 2 heterocycles. The minimum atomic E-state index is 0.0901. The topological polar surface area (TPSA) is 102 Å². The molecule has 8 heteroatoms. The molecular weight excluding hydrogens is 450 g/mol. The molecule has 0 unspecified atom stereocenters. The Morgan fingerprint density at radius 3 is 2.53 bits per heavy atom. The van der Waals surface area contributed by atoms with E-state index in [1.165, 1.54) is 19.3 Å². The number of aryl methyl sites for hydroxylation is 1. The first-order chi connectivity index (χ1) is 17.7. The molecule has 4 aromatic rings. The Morgan fingerprint density at radius 2 is 1.81 bits per heavy atom. The molecule has 0 aliphatic heterocycles. The van der Waals surface area contributed by atoms with Gasteiger partial charge in [-0.05, 0) is 39.5 Å². The molecule has 2 aromatic carbocycles. The zero-order valence-corrected chi connectivity index (χ0v) is 20.9. The van der Waals surface area contributed by atoms with Crippen LogP contribution in [-0.2, 0) is 13.0 Å². The van der Waals surface area contributed by atoms with Gasteiger partial charge in [0.1, 0.15) is 5.82 Å². The van der Waals surface area contributed by atoms with Crippen LogP contribution < -0.4 is 0 Å².